The second-order valence-electron chi connectivity index (χ2n) is 10.1. The zero-order valence-corrected chi connectivity index (χ0v) is 22.1. The monoisotopic (exact) mass is 524 g/mol. The van der Waals surface area contributed by atoms with Gasteiger partial charge in [0.15, 0.2) is 0 Å². The van der Waals surface area contributed by atoms with Crippen molar-refractivity contribution in [1.29, 1.82) is 0 Å². The first kappa shape index (κ1) is 27.1. The average molecular weight is 525 g/mol. The van der Waals surface area contributed by atoms with Gasteiger partial charge in [-0.15, -0.1) is 0 Å². The predicted octanol–water partition coefficient (Wildman–Crippen LogP) is 2.54. The molecule has 3 amide bonds. The second kappa shape index (κ2) is 11.2. The Morgan fingerprint density at radius 2 is 1.74 bits per heavy atom. The molecule has 10 heteroatoms. The number of nitrogens with one attached hydrogen (secondary N) is 1. The summed E-state index contributed by atoms with van der Waals surface area (Å²) in [7, 11) is 4.47. The first-order valence-corrected chi connectivity index (χ1v) is 12.6. The van der Waals surface area contributed by atoms with E-state index in [1.54, 1.807) is 29.2 Å². The number of anilines is 1. The van der Waals surface area contributed by atoms with Crippen LogP contribution in [-0.2, 0) is 20.8 Å². The molecule has 2 heterocycles. The summed E-state index contributed by atoms with van der Waals surface area (Å²) in [5, 5.41) is 1.51. The number of fused-ring (bicyclic) bond motifs is 1. The Labute approximate surface area is 221 Å². The van der Waals surface area contributed by atoms with E-state index in [4.69, 9.17) is 4.74 Å². The molecule has 0 aromatic heterocycles. The molecule has 0 radical (unpaired) electrons. The summed E-state index contributed by atoms with van der Waals surface area (Å²) in [6, 6.07) is 9.77. The number of amides is 3. The van der Waals surface area contributed by atoms with E-state index < -0.39 is 17.6 Å². The highest BCUT2D eigenvalue weighted by atomic mass is 19.1. The Hall–Kier alpha value is -3.95. The molecule has 0 saturated carbocycles. The fraction of sp³-hybridized carbons (Fsp3) is 0.429. The number of piperidine rings is 1. The van der Waals surface area contributed by atoms with Gasteiger partial charge in [0.2, 0.25) is 11.7 Å². The number of likely N-dealkylation sites (tertiary alicyclic amines) is 1. The van der Waals surface area contributed by atoms with Gasteiger partial charge < -0.3 is 14.5 Å². The zero-order chi connectivity index (χ0) is 27.6. The molecule has 1 atom stereocenters. The molecule has 2 aliphatic heterocycles. The molecule has 1 saturated heterocycles. The maximum absolute atomic E-state index is 13.6. The first-order chi connectivity index (χ1) is 18.1. The minimum absolute atomic E-state index is 0.0723. The molecular formula is C28H33FN4O5. The third kappa shape index (κ3) is 5.64. The van der Waals surface area contributed by atoms with Gasteiger partial charge in [0.05, 0.1) is 30.8 Å². The van der Waals surface area contributed by atoms with Crippen LogP contribution in [0.5, 0.6) is 5.75 Å². The van der Waals surface area contributed by atoms with Crippen molar-refractivity contribution < 1.29 is 28.3 Å². The Bertz CT molecular complexity index is 1240. The second-order valence-corrected chi connectivity index (χ2v) is 10.1. The summed E-state index contributed by atoms with van der Waals surface area (Å²) in [5.74, 6) is -2.20. The minimum Gasteiger partial charge on any atom is -0.496 e. The van der Waals surface area contributed by atoms with E-state index in [9.17, 15) is 23.6 Å². The number of hydrogen-bond donors (Lipinski definition) is 1. The fourth-order valence-electron chi connectivity index (χ4n) is 5.17. The van der Waals surface area contributed by atoms with Crippen molar-refractivity contribution in [2.75, 3.05) is 45.8 Å². The molecule has 202 valence electrons. The van der Waals surface area contributed by atoms with Crippen LogP contribution >= 0.6 is 0 Å². The highest BCUT2D eigenvalue weighted by Gasteiger charge is 2.40. The Balaban J connectivity index is 1.56. The zero-order valence-electron chi connectivity index (χ0n) is 22.1. The Kier molecular flexibility index (Phi) is 7.99. The van der Waals surface area contributed by atoms with Crippen LogP contribution in [0.4, 0.5) is 10.1 Å². The van der Waals surface area contributed by atoms with Gasteiger partial charge in [-0.05, 0) is 54.5 Å². The van der Waals surface area contributed by atoms with Crippen LogP contribution < -0.4 is 15.2 Å². The van der Waals surface area contributed by atoms with Crippen molar-refractivity contribution >= 4 is 29.2 Å². The van der Waals surface area contributed by atoms with E-state index in [-0.39, 0.29) is 24.2 Å². The number of Topliss-reactive ketones (excluding diaryl/α,β-unsaturated/α-hetero) is 1. The van der Waals surface area contributed by atoms with E-state index in [0.29, 0.717) is 41.6 Å². The lowest BCUT2D eigenvalue weighted by molar-refractivity contribution is -0.143. The maximum atomic E-state index is 13.6. The van der Waals surface area contributed by atoms with Crippen LogP contribution in [0, 0.1) is 11.7 Å². The van der Waals surface area contributed by atoms with Crippen molar-refractivity contribution in [3.63, 3.8) is 0 Å². The number of ether oxygens (including phenoxy) is 1. The number of ketones is 1. The van der Waals surface area contributed by atoms with Crippen molar-refractivity contribution in [2.45, 2.75) is 32.1 Å². The summed E-state index contributed by atoms with van der Waals surface area (Å²) in [4.78, 5) is 53.9. The van der Waals surface area contributed by atoms with Gasteiger partial charge in [-0.3, -0.25) is 29.6 Å². The predicted molar refractivity (Wildman–Crippen MR) is 139 cm³/mol. The largest absolute Gasteiger partial charge is 0.496 e. The van der Waals surface area contributed by atoms with Gasteiger partial charge in [0, 0.05) is 40.2 Å². The van der Waals surface area contributed by atoms with Gasteiger partial charge in [0.1, 0.15) is 11.6 Å². The highest BCUT2D eigenvalue weighted by Crippen LogP contribution is 2.41. The van der Waals surface area contributed by atoms with Gasteiger partial charge in [-0.1, -0.05) is 12.1 Å². The molecule has 1 unspecified atom stereocenters. The van der Waals surface area contributed by atoms with Gasteiger partial charge in [-0.2, -0.15) is 0 Å². The van der Waals surface area contributed by atoms with Crippen molar-refractivity contribution in [3.8, 4) is 5.75 Å². The van der Waals surface area contributed by atoms with Crippen LogP contribution in [0.15, 0.2) is 36.4 Å². The molecule has 2 aromatic carbocycles. The molecule has 4 rings (SSSR count). The van der Waals surface area contributed by atoms with E-state index >= 15 is 0 Å². The van der Waals surface area contributed by atoms with E-state index in [1.807, 2.05) is 0 Å². The number of nitrogens with zero attached hydrogens (tertiary/aromatic N) is 3. The number of hydrazine groups is 1. The summed E-state index contributed by atoms with van der Waals surface area (Å²) in [6.07, 6.45) is 2.45. The summed E-state index contributed by atoms with van der Waals surface area (Å²) in [5.41, 5.74) is 5.07. The molecule has 38 heavy (non-hydrogen) atoms. The van der Waals surface area contributed by atoms with Crippen LogP contribution in [0.25, 0.3) is 0 Å². The highest BCUT2D eigenvalue weighted by molar-refractivity contribution is 6.38. The van der Waals surface area contributed by atoms with Crippen molar-refractivity contribution in [3.05, 3.63) is 58.9 Å². The molecule has 2 aliphatic rings. The molecule has 1 N–H and O–H groups in total. The third-order valence-electron chi connectivity index (χ3n) is 7.18. The quantitative estimate of drug-likeness (QED) is 0.559. The number of benzene rings is 2. The van der Waals surface area contributed by atoms with Gasteiger partial charge in [0.25, 0.3) is 11.8 Å². The first-order valence-electron chi connectivity index (χ1n) is 12.6. The maximum Gasteiger partial charge on any atom is 0.290 e. The minimum atomic E-state index is -0.842. The van der Waals surface area contributed by atoms with Gasteiger partial charge >= 0.3 is 0 Å². The lowest BCUT2D eigenvalue weighted by Crippen LogP contribution is -2.42. The lowest BCUT2D eigenvalue weighted by Gasteiger charge is -2.32. The van der Waals surface area contributed by atoms with Crippen molar-refractivity contribution in [1.82, 2.24) is 15.2 Å². The fourth-order valence-corrected chi connectivity index (χ4v) is 5.17. The molecule has 0 bridgehead atoms. The van der Waals surface area contributed by atoms with E-state index in [1.165, 1.54) is 50.2 Å². The molecular weight excluding hydrogens is 491 g/mol. The Morgan fingerprint density at radius 1 is 1.08 bits per heavy atom. The van der Waals surface area contributed by atoms with Crippen LogP contribution in [-0.4, -0.2) is 74.1 Å². The number of hydrogen-bond acceptors (Lipinski definition) is 6. The van der Waals surface area contributed by atoms with Crippen LogP contribution in [0.1, 0.15) is 47.2 Å². The van der Waals surface area contributed by atoms with Crippen LogP contribution in [0.3, 0.4) is 0 Å². The lowest BCUT2D eigenvalue weighted by atomic mass is 9.89. The third-order valence-corrected chi connectivity index (χ3v) is 7.18. The number of carbonyl (C=O) groups is 4. The summed E-state index contributed by atoms with van der Waals surface area (Å²) >= 11 is 0. The molecule has 2 aromatic rings. The molecule has 1 fully saturated rings. The average Bonchev–Trinajstić information content (AvgIpc) is 3.24. The number of likely N-dealkylation sites (N-methyl/N-ethyl adjacent to an activating group) is 1. The topological polar surface area (TPSA) is 99.3 Å². The normalized spacial score (nSPS) is 17.1. The summed E-state index contributed by atoms with van der Waals surface area (Å²) in [6.45, 7) is 2.55. The summed E-state index contributed by atoms with van der Waals surface area (Å²) < 4.78 is 18.8. The van der Waals surface area contributed by atoms with E-state index in [0.717, 1.165) is 24.8 Å². The SMILES string of the molecule is COc1cc2c(cc1C(=O)N1CCC(Cc3ccc(F)cc3)CC1)C(C(=O)C(=O)N(C)C)CN2NC(C)=O. The number of rotatable bonds is 7. The van der Waals surface area contributed by atoms with Crippen LogP contribution in [0.2, 0.25) is 0 Å². The Morgan fingerprint density at radius 3 is 2.32 bits per heavy atom. The smallest absolute Gasteiger partial charge is 0.290 e. The molecule has 9 nitrogen and oxygen atoms in total. The molecule has 0 spiro atoms. The number of methoxy groups -OCH3 is 1. The molecule has 0 aliphatic carbocycles. The number of carbonyl (C=O) groups excluding carboxylic acids is 4. The van der Waals surface area contributed by atoms with Gasteiger partial charge in [-0.25, -0.2) is 4.39 Å². The van der Waals surface area contributed by atoms with Crippen molar-refractivity contribution in [2.24, 2.45) is 5.92 Å². The number of halogens is 1. The van der Waals surface area contributed by atoms with E-state index in [2.05, 4.69) is 5.43 Å². The standard InChI is InChI=1S/C28H33FN4O5/c1-17(34)30-33-16-23(26(35)28(37)31(2)3)21-14-22(25(38-4)15-24(21)33)27(36)32-11-9-19(10-12-32)13-18-5-7-20(29)8-6-18/h5-8,14-15,19,23H,9-13,16H2,1-4H3,(H,30,34).